The van der Waals surface area contributed by atoms with Crippen LogP contribution in [0.4, 0.5) is 0 Å². The van der Waals surface area contributed by atoms with E-state index in [1.807, 2.05) is 19.9 Å². The van der Waals surface area contributed by atoms with Crippen LogP contribution in [0.25, 0.3) is 0 Å². The zero-order valence-electron chi connectivity index (χ0n) is 21.4. The van der Waals surface area contributed by atoms with Gasteiger partial charge in [-0.05, 0) is 44.7 Å². The highest BCUT2D eigenvalue weighted by Gasteiger charge is 2.32. The molecular weight excluding hydrogens is 488 g/mol. The maximum Gasteiger partial charge on any atom is 0.328 e. The van der Waals surface area contributed by atoms with Crippen molar-refractivity contribution in [3.8, 4) is 17.2 Å². The molecule has 3 atom stereocenters. The van der Waals surface area contributed by atoms with Gasteiger partial charge in [-0.15, -0.1) is 0 Å². The molecule has 1 amide bonds. The molecule has 0 saturated carbocycles. The topological polar surface area (TPSA) is 113 Å². The number of carbonyl (C=O) groups excluding carboxylic acids is 3. The number of halogens is 1. The Morgan fingerprint density at radius 3 is 2.31 bits per heavy atom. The summed E-state index contributed by atoms with van der Waals surface area (Å²) in [6, 6.07) is 7.53. The van der Waals surface area contributed by atoms with E-state index in [1.54, 1.807) is 25.1 Å². The number of pyridine rings is 1. The standard InChI is InChI=1S/C26H33ClN2O7/c1-7-18(8-2)23(36-20-12-10-9-11-19(20)27)16(4)34-26(32)15(3)29-25(31)22-24(35-17(5)30)21(33-6)13-14-28-22/h9-16,18,23H,7-8H2,1-6H3,(H,29,31)/t15-,16-,23-/m0/s1. The lowest BCUT2D eigenvalue weighted by Crippen LogP contribution is -2.45. The Labute approximate surface area is 216 Å². The quantitative estimate of drug-likeness (QED) is 0.404. The molecule has 2 aromatic rings. The molecule has 0 unspecified atom stereocenters. The number of hydrogen-bond donors (Lipinski definition) is 1. The molecule has 0 saturated heterocycles. The number of nitrogens with zero attached hydrogens (tertiary/aromatic N) is 1. The molecule has 10 heteroatoms. The van der Waals surface area contributed by atoms with E-state index in [9.17, 15) is 14.4 Å². The largest absolute Gasteiger partial charge is 0.493 e. The van der Waals surface area contributed by atoms with Crippen LogP contribution in [0, 0.1) is 5.92 Å². The minimum Gasteiger partial charge on any atom is -0.493 e. The van der Waals surface area contributed by atoms with Crippen LogP contribution in [0.2, 0.25) is 5.02 Å². The Bertz CT molecular complexity index is 1060. The molecule has 0 aliphatic heterocycles. The third kappa shape index (κ3) is 7.58. The second-order valence-corrected chi connectivity index (χ2v) is 8.62. The van der Waals surface area contributed by atoms with E-state index >= 15 is 0 Å². The number of esters is 2. The molecule has 1 aromatic heterocycles. The van der Waals surface area contributed by atoms with Crippen molar-refractivity contribution in [3.63, 3.8) is 0 Å². The van der Waals surface area contributed by atoms with Gasteiger partial charge in [-0.3, -0.25) is 9.59 Å². The van der Waals surface area contributed by atoms with E-state index in [4.69, 9.17) is 30.5 Å². The lowest BCUT2D eigenvalue weighted by molar-refractivity contribution is -0.156. The zero-order valence-corrected chi connectivity index (χ0v) is 22.1. The van der Waals surface area contributed by atoms with E-state index in [0.717, 1.165) is 12.8 Å². The number of carbonyl (C=O) groups is 3. The number of para-hydroxylation sites is 1. The lowest BCUT2D eigenvalue weighted by atomic mass is 9.93. The molecule has 36 heavy (non-hydrogen) atoms. The van der Waals surface area contributed by atoms with Gasteiger partial charge < -0.3 is 24.3 Å². The van der Waals surface area contributed by atoms with Gasteiger partial charge in [0, 0.05) is 19.2 Å². The zero-order chi connectivity index (χ0) is 26.8. The minimum atomic E-state index is -1.03. The van der Waals surface area contributed by atoms with Crippen LogP contribution < -0.4 is 19.5 Å². The predicted octanol–water partition coefficient (Wildman–Crippen LogP) is 4.60. The Hall–Kier alpha value is -3.33. The summed E-state index contributed by atoms with van der Waals surface area (Å²) in [4.78, 5) is 41.2. The van der Waals surface area contributed by atoms with Crippen molar-refractivity contribution in [2.24, 2.45) is 5.92 Å². The number of aromatic nitrogens is 1. The van der Waals surface area contributed by atoms with Crippen molar-refractivity contribution in [3.05, 3.63) is 47.2 Å². The number of hydrogen-bond acceptors (Lipinski definition) is 8. The fourth-order valence-electron chi connectivity index (χ4n) is 3.69. The Morgan fingerprint density at radius 1 is 1.06 bits per heavy atom. The number of methoxy groups -OCH3 is 1. The molecule has 0 aliphatic rings. The molecule has 0 fully saturated rings. The van der Waals surface area contributed by atoms with E-state index in [1.165, 1.54) is 33.2 Å². The van der Waals surface area contributed by atoms with Crippen LogP contribution in [0.3, 0.4) is 0 Å². The molecule has 1 heterocycles. The highest BCUT2D eigenvalue weighted by atomic mass is 35.5. The first-order valence-corrected chi connectivity index (χ1v) is 12.1. The van der Waals surface area contributed by atoms with Crippen molar-refractivity contribution in [2.45, 2.75) is 65.7 Å². The van der Waals surface area contributed by atoms with Crippen molar-refractivity contribution in [1.82, 2.24) is 10.3 Å². The molecule has 2 rings (SSSR count). The number of ether oxygens (including phenoxy) is 4. The number of benzene rings is 1. The van der Waals surface area contributed by atoms with E-state index < -0.39 is 36.1 Å². The maximum atomic E-state index is 12.9. The SMILES string of the molecule is CCC(CC)[C@@H](Oc1ccccc1Cl)[C@H](C)OC(=O)[C@H](C)NC(=O)c1nccc(OC)c1OC(C)=O. The summed E-state index contributed by atoms with van der Waals surface area (Å²) in [5.74, 6) is -1.43. The summed E-state index contributed by atoms with van der Waals surface area (Å²) in [6.45, 7) is 8.50. The average molecular weight is 521 g/mol. The smallest absolute Gasteiger partial charge is 0.328 e. The summed E-state index contributed by atoms with van der Waals surface area (Å²) in [7, 11) is 1.37. The first-order valence-electron chi connectivity index (χ1n) is 11.8. The van der Waals surface area contributed by atoms with Gasteiger partial charge in [-0.25, -0.2) is 9.78 Å². The monoisotopic (exact) mass is 520 g/mol. The lowest BCUT2D eigenvalue weighted by Gasteiger charge is -2.32. The Balaban J connectivity index is 2.15. The van der Waals surface area contributed by atoms with E-state index in [-0.39, 0.29) is 23.1 Å². The summed E-state index contributed by atoms with van der Waals surface area (Å²) in [5.41, 5.74) is -0.200. The number of rotatable bonds is 12. The van der Waals surface area contributed by atoms with Crippen LogP contribution in [-0.2, 0) is 14.3 Å². The first-order chi connectivity index (χ1) is 17.1. The molecule has 9 nitrogen and oxygen atoms in total. The third-order valence-corrected chi connectivity index (χ3v) is 5.94. The Kier molecular flexibility index (Phi) is 11.0. The van der Waals surface area contributed by atoms with Crippen molar-refractivity contribution < 1.29 is 33.3 Å². The van der Waals surface area contributed by atoms with Gasteiger partial charge in [-0.2, -0.15) is 0 Å². The maximum absolute atomic E-state index is 12.9. The normalized spacial score (nSPS) is 13.3. The second-order valence-electron chi connectivity index (χ2n) is 8.21. The minimum absolute atomic E-state index is 0.0984. The summed E-state index contributed by atoms with van der Waals surface area (Å²) < 4.78 is 22.2. The van der Waals surface area contributed by atoms with Gasteiger partial charge in [0.25, 0.3) is 5.91 Å². The van der Waals surface area contributed by atoms with Gasteiger partial charge >= 0.3 is 11.9 Å². The van der Waals surface area contributed by atoms with Crippen LogP contribution in [0.5, 0.6) is 17.2 Å². The molecule has 1 N–H and O–H groups in total. The van der Waals surface area contributed by atoms with E-state index in [0.29, 0.717) is 10.8 Å². The predicted molar refractivity (Wildman–Crippen MR) is 135 cm³/mol. The fourth-order valence-corrected chi connectivity index (χ4v) is 3.87. The average Bonchev–Trinajstić information content (AvgIpc) is 2.84. The van der Waals surface area contributed by atoms with Gasteiger partial charge in [0.2, 0.25) is 5.75 Å². The van der Waals surface area contributed by atoms with Gasteiger partial charge in [0.1, 0.15) is 24.0 Å². The van der Waals surface area contributed by atoms with Crippen LogP contribution in [-0.4, -0.2) is 48.2 Å². The molecule has 0 bridgehead atoms. The summed E-state index contributed by atoms with van der Waals surface area (Å²) >= 11 is 6.28. The second kappa shape index (κ2) is 13.7. The number of amides is 1. The van der Waals surface area contributed by atoms with Crippen LogP contribution in [0.1, 0.15) is 57.9 Å². The van der Waals surface area contributed by atoms with Crippen molar-refractivity contribution in [1.29, 1.82) is 0 Å². The number of nitrogens with one attached hydrogen (secondary N) is 1. The van der Waals surface area contributed by atoms with Crippen LogP contribution in [0.15, 0.2) is 36.5 Å². The molecule has 196 valence electrons. The fraction of sp³-hybridized carbons (Fsp3) is 0.462. The molecule has 0 spiro atoms. The van der Waals surface area contributed by atoms with Crippen molar-refractivity contribution >= 4 is 29.4 Å². The molecule has 0 aliphatic carbocycles. The third-order valence-electron chi connectivity index (χ3n) is 5.63. The van der Waals surface area contributed by atoms with Crippen molar-refractivity contribution in [2.75, 3.05) is 7.11 Å². The first kappa shape index (κ1) is 28.9. The Morgan fingerprint density at radius 2 is 1.72 bits per heavy atom. The van der Waals surface area contributed by atoms with E-state index in [2.05, 4.69) is 10.3 Å². The molecular formula is C26H33ClN2O7. The summed E-state index contributed by atoms with van der Waals surface area (Å²) in [5, 5.41) is 3.00. The van der Waals surface area contributed by atoms with Crippen LogP contribution >= 0.6 is 11.6 Å². The van der Waals surface area contributed by atoms with Gasteiger partial charge in [0.15, 0.2) is 11.4 Å². The molecule has 1 aromatic carbocycles. The molecule has 0 radical (unpaired) electrons. The summed E-state index contributed by atoms with van der Waals surface area (Å²) in [6.07, 6.45) is 1.85. The van der Waals surface area contributed by atoms with Gasteiger partial charge in [-0.1, -0.05) is 37.6 Å². The highest BCUT2D eigenvalue weighted by Crippen LogP contribution is 2.31. The highest BCUT2D eigenvalue weighted by molar-refractivity contribution is 6.32. The van der Waals surface area contributed by atoms with Gasteiger partial charge in [0.05, 0.1) is 12.1 Å².